The third-order valence-corrected chi connectivity index (χ3v) is 6.26. The molecule has 0 radical (unpaired) electrons. The maximum Gasteiger partial charge on any atom is 0.323 e. The molecule has 1 fully saturated rings. The molecule has 4 rings (SSSR count). The van der Waals surface area contributed by atoms with Gasteiger partial charge in [-0.1, -0.05) is 35.9 Å². The van der Waals surface area contributed by atoms with Crippen molar-refractivity contribution in [1.29, 1.82) is 0 Å². The van der Waals surface area contributed by atoms with E-state index >= 15 is 0 Å². The number of anilines is 2. The highest BCUT2D eigenvalue weighted by atomic mass is 35.5. The van der Waals surface area contributed by atoms with Crippen molar-refractivity contribution in [2.75, 3.05) is 36.4 Å². The van der Waals surface area contributed by atoms with Crippen molar-refractivity contribution in [3.63, 3.8) is 0 Å². The number of thiazole rings is 1. The highest BCUT2D eigenvalue weighted by Gasteiger charge is 2.22. The molecule has 0 saturated carbocycles. The van der Waals surface area contributed by atoms with Crippen LogP contribution in [-0.4, -0.2) is 53.0 Å². The zero-order valence-corrected chi connectivity index (χ0v) is 18.9. The minimum Gasteiger partial charge on any atom is -0.353 e. The molecule has 2 N–H and O–H groups in total. The van der Waals surface area contributed by atoms with E-state index in [2.05, 4.69) is 25.5 Å². The van der Waals surface area contributed by atoms with Crippen molar-refractivity contribution in [3.05, 3.63) is 70.3 Å². The number of halogens is 1. The minimum absolute atomic E-state index is 0.138. The topological polar surface area (TPSA) is 90.5 Å². The van der Waals surface area contributed by atoms with Gasteiger partial charge >= 0.3 is 6.03 Å². The smallest absolute Gasteiger partial charge is 0.323 e. The summed E-state index contributed by atoms with van der Waals surface area (Å²) in [4.78, 5) is 37.5. The molecule has 0 spiro atoms. The Morgan fingerprint density at radius 1 is 1.06 bits per heavy atom. The van der Waals surface area contributed by atoms with Gasteiger partial charge in [0.1, 0.15) is 5.82 Å². The molecule has 1 aromatic carbocycles. The molecule has 1 saturated heterocycles. The van der Waals surface area contributed by atoms with Gasteiger partial charge in [-0.05, 0) is 23.8 Å². The molecule has 3 heterocycles. The number of carbonyl (C=O) groups is 2. The molecule has 0 aliphatic carbocycles. The molecule has 3 aromatic rings. The SMILES string of the molecule is O=C(Cc1csc(NC(=O)N2CCN(c3ccccn3)CC2)n1)NCc1ccccc1Cl. The van der Waals surface area contributed by atoms with Gasteiger partial charge in [0.05, 0.1) is 12.1 Å². The Balaban J connectivity index is 1.23. The second kappa shape index (κ2) is 10.4. The Bertz CT molecular complexity index is 1070. The van der Waals surface area contributed by atoms with Gasteiger partial charge in [0, 0.05) is 49.3 Å². The molecule has 0 atom stereocenters. The first-order valence-electron chi connectivity index (χ1n) is 10.2. The van der Waals surface area contributed by atoms with Crippen LogP contribution in [0.4, 0.5) is 15.7 Å². The molecule has 0 unspecified atom stereocenters. The van der Waals surface area contributed by atoms with Crippen molar-refractivity contribution < 1.29 is 9.59 Å². The van der Waals surface area contributed by atoms with Gasteiger partial charge < -0.3 is 15.1 Å². The number of hydrogen-bond acceptors (Lipinski definition) is 6. The lowest BCUT2D eigenvalue weighted by molar-refractivity contribution is -0.120. The van der Waals surface area contributed by atoms with E-state index in [0.717, 1.165) is 24.5 Å². The number of amides is 3. The Morgan fingerprint density at radius 3 is 2.59 bits per heavy atom. The Kier molecular flexibility index (Phi) is 7.18. The number of piperazine rings is 1. The number of pyridine rings is 1. The highest BCUT2D eigenvalue weighted by Crippen LogP contribution is 2.18. The average molecular weight is 471 g/mol. The Hall–Kier alpha value is -3.17. The third kappa shape index (κ3) is 5.74. The lowest BCUT2D eigenvalue weighted by Crippen LogP contribution is -2.50. The van der Waals surface area contributed by atoms with Gasteiger partial charge in [0.25, 0.3) is 0 Å². The second-order valence-corrected chi connectivity index (χ2v) is 8.55. The number of rotatable bonds is 6. The first-order chi connectivity index (χ1) is 15.6. The summed E-state index contributed by atoms with van der Waals surface area (Å²) in [5.41, 5.74) is 1.47. The van der Waals surface area contributed by atoms with Crippen molar-refractivity contribution in [2.45, 2.75) is 13.0 Å². The number of aromatic nitrogens is 2. The van der Waals surface area contributed by atoms with E-state index < -0.39 is 0 Å². The Morgan fingerprint density at radius 2 is 1.84 bits per heavy atom. The summed E-state index contributed by atoms with van der Waals surface area (Å²) in [7, 11) is 0. The summed E-state index contributed by atoms with van der Waals surface area (Å²) in [6.07, 6.45) is 1.91. The summed E-state index contributed by atoms with van der Waals surface area (Å²) in [6.45, 7) is 3.01. The molecule has 32 heavy (non-hydrogen) atoms. The van der Waals surface area contributed by atoms with Gasteiger partial charge in [-0.2, -0.15) is 0 Å². The first-order valence-corrected chi connectivity index (χ1v) is 11.5. The summed E-state index contributed by atoms with van der Waals surface area (Å²) >= 11 is 7.42. The molecule has 10 heteroatoms. The van der Waals surface area contributed by atoms with Gasteiger partial charge in [-0.15, -0.1) is 11.3 Å². The van der Waals surface area contributed by atoms with E-state index in [1.165, 1.54) is 11.3 Å². The predicted molar refractivity (Wildman–Crippen MR) is 126 cm³/mol. The normalized spacial score (nSPS) is 13.7. The highest BCUT2D eigenvalue weighted by molar-refractivity contribution is 7.13. The van der Waals surface area contributed by atoms with E-state index in [1.54, 1.807) is 22.5 Å². The van der Waals surface area contributed by atoms with E-state index in [9.17, 15) is 9.59 Å². The number of nitrogens with zero attached hydrogens (tertiary/aromatic N) is 4. The van der Waals surface area contributed by atoms with Crippen LogP contribution in [0.1, 0.15) is 11.3 Å². The van der Waals surface area contributed by atoms with E-state index in [1.807, 2.05) is 36.4 Å². The molecule has 166 valence electrons. The average Bonchev–Trinajstić information content (AvgIpc) is 3.25. The number of carbonyl (C=O) groups excluding carboxylic acids is 2. The van der Waals surface area contributed by atoms with Crippen molar-refractivity contribution in [2.24, 2.45) is 0 Å². The fourth-order valence-electron chi connectivity index (χ4n) is 3.36. The van der Waals surface area contributed by atoms with E-state index in [-0.39, 0.29) is 18.4 Å². The van der Waals surface area contributed by atoms with Crippen LogP contribution in [0, 0.1) is 0 Å². The lowest BCUT2D eigenvalue weighted by atomic mass is 10.2. The summed E-state index contributed by atoms with van der Waals surface area (Å²) in [5, 5.41) is 8.56. The van der Waals surface area contributed by atoms with Gasteiger partial charge in [0.15, 0.2) is 5.13 Å². The van der Waals surface area contributed by atoms with Crippen LogP contribution in [0.5, 0.6) is 0 Å². The van der Waals surface area contributed by atoms with Gasteiger partial charge in [0.2, 0.25) is 5.91 Å². The zero-order valence-electron chi connectivity index (χ0n) is 17.3. The fourth-order valence-corrected chi connectivity index (χ4v) is 4.26. The first kappa shape index (κ1) is 22.0. The Labute approximate surface area is 195 Å². The number of hydrogen-bond donors (Lipinski definition) is 2. The quantitative estimate of drug-likeness (QED) is 0.576. The summed E-state index contributed by atoms with van der Waals surface area (Å²) < 4.78 is 0. The zero-order chi connectivity index (χ0) is 22.3. The van der Waals surface area contributed by atoms with Crippen LogP contribution < -0.4 is 15.5 Å². The van der Waals surface area contributed by atoms with Crippen LogP contribution in [0.2, 0.25) is 5.02 Å². The monoisotopic (exact) mass is 470 g/mol. The molecule has 8 nitrogen and oxygen atoms in total. The van der Waals surface area contributed by atoms with Crippen LogP contribution in [-0.2, 0) is 17.8 Å². The largest absolute Gasteiger partial charge is 0.353 e. The standard InChI is InChI=1S/C22H23ClN6O2S/c23-18-6-2-1-5-16(18)14-25-20(30)13-17-15-32-21(26-17)27-22(31)29-11-9-28(10-12-29)19-7-3-4-8-24-19/h1-8,15H,9-14H2,(H,25,30)(H,26,27,31). The molecule has 1 aliphatic heterocycles. The van der Waals surface area contributed by atoms with Crippen molar-refractivity contribution in [1.82, 2.24) is 20.2 Å². The molecule has 0 bridgehead atoms. The van der Waals surface area contributed by atoms with Crippen LogP contribution in [0.25, 0.3) is 0 Å². The molecule has 2 aromatic heterocycles. The molecular weight excluding hydrogens is 448 g/mol. The predicted octanol–water partition coefficient (Wildman–Crippen LogP) is 3.40. The lowest BCUT2D eigenvalue weighted by Gasteiger charge is -2.35. The van der Waals surface area contributed by atoms with E-state index in [4.69, 9.17) is 11.6 Å². The number of nitrogens with one attached hydrogen (secondary N) is 2. The maximum atomic E-state index is 12.6. The van der Waals surface area contributed by atoms with Crippen LogP contribution in [0.3, 0.4) is 0 Å². The molecule has 1 aliphatic rings. The van der Waals surface area contributed by atoms with Crippen LogP contribution in [0.15, 0.2) is 54.0 Å². The number of urea groups is 1. The van der Waals surface area contributed by atoms with Crippen molar-refractivity contribution in [3.8, 4) is 0 Å². The summed E-state index contributed by atoms with van der Waals surface area (Å²) in [5.74, 6) is 0.767. The van der Waals surface area contributed by atoms with Gasteiger partial charge in [-0.25, -0.2) is 14.8 Å². The fraction of sp³-hybridized carbons (Fsp3) is 0.273. The molecule has 3 amide bonds. The summed E-state index contributed by atoms with van der Waals surface area (Å²) in [6, 6.07) is 13.0. The third-order valence-electron chi connectivity index (χ3n) is 5.08. The molecular formula is C22H23ClN6O2S. The van der Waals surface area contributed by atoms with Crippen LogP contribution >= 0.6 is 22.9 Å². The van der Waals surface area contributed by atoms with Gasteiger partial charge in [-0.3, -0.25) is 10.1 Å². The van der Waals surface area contributed by atoms with Crippen molar-refractivity contribution >= 4 is 45.8 Å². The minimum atomic E-state index is -0.185. The van der Waals surface area contributed by atoms with E-state index in [0.29, 0.717) is 35.5 Å². The number of benzene rings is 1. The second-order valence-electron chi connectivity index (χ2n) is 7.28. The maximum absolute atomic E-state index is 12.6.